The van der Waals surface area contributed by atoms with Crippen molar-refractivity contribution in [3.63, 3.8) is 0 Å². The highest BCUT2D eigenvalue weighted by molar-refractivity contribution is 5.70. The molecule has 0 amide bonds. The molecule has 1 aromatic heterocycles. The summed E-state index contributed by atoms with van der Waals surface area (Å²) < 4.78 is 5.35. The average Bonchev–Trinajstić information content (AvgIpc) is 2.75. The number of carbonyl (C=O) groups is 1. The molecule has 0 unspecified atom stereocenters. The molecule has 0 spiro atoms. The molecule has 0 radical (unpaired) electrons. The molecule has 1 fully saturated rings. The Morgan fingerprint density at radius 3 is 2.67 bits per heavy atom. The van der Waals surface area contributed by atoms with Crippen molar-refractivity contribution in [2.75, 3.05) is 0 Å². The number of aldehydes is 1. The van der Waals surface area contributed by atoms with Crippen LogP contribution < -0.4 is 0 Å². The van der Waals surface area contributed by atoms with Gasteiger partial charge in [0, 0.05) is 5.92 Å². The van der Waals surface area contributed by atoms with Crippen LogP contribution in [0.25, 0.3) is 0 Å². The first kappa shape index (κ1) is 7.59. The molecule has 0 N–H and O–H groups in total. The molecule has 0 aliphatic heterocycles. The minimum Gasteiger partial charge on any atom is -0.458 e. The second kappa shape index (κ2) is 3.13. The SMILES string of the molecule is O=Cc1ccc(C2CCCC2)o1. The smallest absolute Gasteiger partial charge is 0.185 e. The highest BCUT2D eigenvalue weighted by Crippen LogP contribution is 2.34. The van der Waals surface area contributed by atoms with Crippen LogP contribution in [0.5, 0.6) is 0 Å². The van der Waals surface area contributed by atoms with Crippen LogP contribution in [0, 0.1) is 0 Å². The molecule has 0 saturated heterocycles. The van der Waals surface area contributed by atoms with Gasteiger partial charge in [0.2, 0.25) is 0 Å². The van der Waals surface area contributed by atoms with E-state index in [0.717, 1.165) is 12.0 Å². The topological polar surface area (TPSA) is 30.2 Å². The van der Waals surface area contributed by atoms with Gasteiger partial charge in [0.15, 0.2) is 12.0 Å². The normalized spacial score (nSPS) is 18.3. The standard InChI is InChI=1S/C10H12O2/c11-7-9-5-6-10(12-9)8-3-1-2-4-8/h5-8H,1-4H2. The van der Waals surface area contributed by atoms with E-state index in [9.17, 15) is 4.79 Å². The molecule has 1 heterocycles. The van der Waals surface area contributed by atoms with E-state index in [0.29, 0.717) is 11.7 Å². The third kappa shape index (κ3) is 1.29. The van der Waals surface area contributed by atoms with Crippen molar-refractivity contribution >= 4 is 6.29 Å². The largest absolute Gasteiger partial charge is 0.458 e. The zero-order valence-corrected chi connectivity index (χ0v) is 6.95. The molecule has 12 heavy (non-hydrogen) atoms. The summed E-state index contributed by atoms with van der Waals surface area (Å²) in [5, 5.41) is 0. The van der Waals surface area contributed by atoms with Gasteiger partial charge in [0.05, 0.1) is 0 Å². The molecule has 0 bridgehead atoms. The van der Waals surface area contributed by atoms with Crippen LogP contribution in [0.4, 0.5) is 0 Å². The molecule has 1 saturated carbocycles. The van der Waals surface area contributed by atoms with Gasteiger partial charge in [-0.05, 0) is 25.0 Å². The lowest BCUT2D eigenvalue weighted by atomic mass is 10.1. The quantitative estimate of drug-likeness (QED) is 0.629. The van der Waals surface area contributed by atoms with E-state index in [4.69, 9.17) is 4.42 Å². The summed E-state index contributed by atoms with van der Waals surface area (Å²) in [6.07, 6.45) is 5.78. The maximum absolute atomic E-state index is 10.3. The summed E-state index contributed by atoms with van der Waals surface area (Å²) in [4.78, 5) is 10.3. The minimum absolute atomic E-state index is 0.455. The molecule has 2 heteroatoms. The van der Waals surface area contributed by atoms with Gasteiger partial charge in [-0.3, -0.25) is 4.79 Å². The fourth-order valence-electron chi connectivity index (χ4n) is 1.86. The third-order valence-electron chi connectivity index (χ3n) is 2.52. The Kier molecular flexibility index (Phi) is 1.98. The van der Waals surface area contributed by atoms with Crippen molar-refractivity contribution in [1.82, 2.24) is 0 Å². The molecule has 2 nitrogen and oxygen atoms in total. The molecule has 2 rings (SSSR count). The highest BCUT2D eigenvalue weighted by atomic mass is 16.3. The highest BCUT2D eigenvalue weighted by Gasteiger charge is 2.19. The van der Waals surface area contributed by atoms with E-state index in [1.165, 1.54) is 25.7 Å². The first-order chi connectivity index (χ1) is 5.90. The monoisotopic (exact) mass is 164 g/mol. The molecule has 0 atom stereocenters. The van der Waals surface area contributed by atoms with Crippen LogP contribution in [0.1, 0.15) is 47.9 Å². The molecule has 1 aliphatic carbocycles. The first-order valence-electron chi connectivity index (χ1n) is 4.45. The summed E-state index contributed by atoms with van der Waals surface area (Å²) in [6.45, 7) is 0. The van der Waals surface area contributed by atoms with Crippen LogP contribution in [-0.2, 0) is 0 Å². The predicted octanol–water partition coefficient (Wildman–Crippen LogP) is 2.75. The number of carbonyl (C=O) groups excluding carboxylic acids is 1. The Balaban J connectivity index is 2.16. The molecular weight excluding hydrogens is 152 g/mol. The fourth-order valence-corrected chi connectivity index (χ4v) is 1.86. The summed E-state index contributed by atoms with van der Waals surface area (Å²) >= 11 is 0. The van der Waals surface area contributed by atoms with E-state index in [1.807, 2.05) is 6.07 Å². The van der Waals surface area contributed by atoms with Crippen molar-refractivity contribution < 1.29 is 9.21 Å². The van der Waals surface area contributed by atoms with E-state index >= 15 is 0 Å². The van der Waals surface area contributed by atoms with E-state index < -0.39 is 0 Å². The van der Waals surface area contributed by atoms with Gasteiger partial charge in [-0.2, -0.15) is 0 Å². The molecule has 1 aliphatic rings. The summed E-state index contributed by atoms with van der Waals surface area (Å²) in [7, 11) is 0. The van der Waals surface area contributed by atoms with E-state index in [-0.39, 0.29) is 0 Å². The van der Waals surface area contributed by atoms with Gasteiger partial charge in [0.25, 0.3) is 0 Å². The Morgan fingerprint density at radius 2 is 2.08 bits per heavy atom. The molecular formula is C10H12O2. The number of hydrogen-bond acceptors (Lipinski definition) is 2. The van der Waals surface area contributed by atoms with Crippen molar-refractivity contribution in [3.05, 3.63) is 23.7 Å². The van der Waals surface area contributed by atoms with Gasteiger partial charge >= 0.3 is 0 Å². The average molecular weight is 164 g/mol. The Labute approximate surface area is 71.6 Å². The second-order valence-electron chi connectivity index (χ2n) is 3.34. The number of rotatable bonds is 2. The Hall–Kier alpha value is -1.05. The maximum Gasteiger partial charge on any atom is 0.185 e. The van der Waals surface area contributed by atoms with Crippen molar-refractivity contribution in [1.29, 1.82) is 0 Å². The van der Waals surface area contributed by atoms with Gasteiger partial charge in [0.1, 0.15) is 5.76 Å². The third-order valence-corrected chi connectivity index (χ3v) is 2.52. The van der Waals surface area contributed by atoms with E-state index in [1.54, 1.807) is 6.07 Å². The Morgan fingerprint density at radius 1 is 1.33 bits per heavy atom. The van der Waals surface area contributed by atoms with Gasteiger partial charge < -0.3 is 4.42 Å². The lowest BCUT2D eigenvalue weighted by molar-refractivity contribution is 0.109. The van der Waals surface area contributed by atoms with Crippen LogP contribution in [0.15, 0.2) is 16.5 Å². The lowest BCUT2D eigenvalue weighted by Gasteiger charge is -2.02. The van der Waals surface area contributed by atoms with Gasteiger partial charge in [-0.25, -0.2) is 0 Å². The summed E-state index contributed by atoms with van der Waals surface area (Å²) in [5.74, 6) is 2.02. The minimum atomic E-state index is 0.455. The van der Waals surface area contributed by atoms with E-state index in [2.05, 4.69) is 0 Å². The fraction of sp³-hybridized carbons (Fsp3) is 0.500. The van der Waals surface area contributed by atoms with Gasteiger partial charge in [-0.15, -0.1) is 0 Å². The first-order valence-corrected chi connectivity index (χ1v) is 4.45. The van der Waals surface area contributed by atoms with Crippen molar-refractivity contribution in [2.45, 2.75) is 31.6 Å². The zero-order chi connectivity index (χ0) is 8.39. The van der Waals surface area contributed by atoms with Crippen LogP contribution in [0.3, 0.4) is 0 Å². The van der Waals surface area contributed by atoms with Crippen LogP contribution in [0.2, 0.25) is 0 Å². The number of hydrogen-bond donors (Lipinski definition) is 0. The Bertz CT molecular complexity index is 269. The molecule has 1 aromatic rings. The predicted molar refractivity (Wildman–Crippen MR) is 45.3 cm³/mol. The lowest BCUT2D eigenvalue weighted by Crippen LogP contribution is -1.87. The van der Waals surface area contributed by atoms with Crippen molar-refractivity contribution in [3.8, 4) is 0 Å². The molecule has 64 valence electrons. The molecule has 0 aromatic carbocycles. The second-order valence-corrected chi connectivity index (χ2v) is 3.34. The number of furan rings is 1. The maximum atomic E-state index is 10.3. The summed E-state index contributed by atoms with van der Waals surface area (Å²) in [6, 6.07) is 3.68. The summed E-state index contributed by atoms with van der Waals surface area (Å²) in [5.41, 5.74) is 0. The van der Waals surface area contributed by atoms with Gasteiger partial charge in [-0.1, -0.05) is 12.8 Å². The van der Waals surface area contributed by atoms with Crippen LogP contribution >= 0.6 is 0 Å². The zero-order valence-electron chi connectivity index (χ0n) is 6.95. The van der Waals surface area contributed by atoms with Crippen molar-refractivity contribution in [2.24, 2.45) is 0 Å². The van der Waals surface area contributed by atoms with Crippen LogP contribution in [-0.4, -0.2) is 6.29 Å².